The molecule has 0 saturated carbocycles. The maximum Gasteiger partial charge on any atom is 0.312 e. The van der Waals surface area contributed by atoms with Crippen molar-refractivity contribution in [3.8, 4) is 0 Å². The lowest BCUT2D eigenvalue weighted by molar-refractivity contribution is -0.156. The number of carbonyl (C=O) groups excluding carboxylic acids is 2. The molecule has 1 heterocycles. The normalized spacial score (nSPS) is 17.2. The molecule has 1 rings (SSSR count). The Labute approximate surface area is 101 Å². The van der Waals surface area contributed by atoms with E-state index in [1.165, 1.54) is 4.90 Å². The van der Waals surface area contributed by atoms with Crippen molar-refractivity contribution >= 4 is 23.4 Å². The Hall–Kier alpha value is -1.03. The molecule has 5 heteroatoms. The van der Waals surface area contributed by atoms with E-state index in [1.54, 1.807) is 4.90 Å². The Balaban J connectivity index is 2.65. The van der Waals surface area contributed by atoms with E-state index >= 15 is 0 Å². The van der Waals surface area contributed by atoms with Crippen LogP contribution in [0.3, 0.4) is 0 Å². The average molecular weight is 245 g/mol. The summed E-state index contributed by atoms with van der Waals surface area (Å²) in [5, 5.41) is 0. The van der Waals surface area contributed by atoms with Gasteiger partial charge < -0.3 is 9.80 Å². The van der Waals surface area contributed by atoms with Gasteiger partial charge in [0.2, 0.25) is 0 Å². The van der Waals surface area contributed by atoms with E-state index in [0.29, 0.717) is 25.5 Å². The molecule has 2 amide bonds. The van der Waals surface area contributed by atoms with Gasteiger partial charge >= 0.3 is 11.8 Å². The van der Waals surface area contributed by atoms with Crippen molar-refractivity contribution in [2.24, 2.45) is 0 Å². The first-order chi connectivity index (χ1) is 7.47. The van der Waals surface area contributed by atoms with Gasteiger partial charge in [-0.2, -0.15) is 0 Å². The molecule has 0 unspecified atom stereocenters. The fourth-order valence-electron chi connectivity index (χ4n) is 1.65. The summed E-state index contributed by atoms with van der Waals surface area (Å²) in [6, 6.07) is 0.0647. The summed E-state index contributed by atoms with van der Waals surface area (Å²) in [4.78, 5) is 26.6. The Morgan fingerprint density at radius 1 is 1.38 bits per heavy atom. The summed E-state index contributed by atoms with van der Waals surface area (Å²) < 4.78 is 0. The highest BCUT2D eigenvalue weighted by molar-refractivity contribution is 6.35. The van der Waals surface area contributed by atoms with Gasteiger partial charge in [0.25, 0.3) is 0 Å². The zero-order chi connectivity index (χ0) is 12.3. The standard InChI is InChI=1S/C11H17ClN2O2/c1-8(2)14-5-4-13(7-9(3)6-12)10(15)11(14)16/h8H,3-7H2,1-2H3. The maximum absolute atomic E-state index is 11.7. The summed E-state index contributed by atoms with van der Waals surface area (Å²) in [5.41, 5.74) is 0.751. The van der Waals surface area contributed by atoms with Crippen molar-refractivity contribution in [2.75, 3.05) is 25.5 Å². The molecule has 0 aromatic heterocycles. The highest BCUT2D eigenvalue weighted by Crippen LogP contribution is 2.10. The van der Waals surface area contributed by atoms with Crippen molar-refractivity contribution in [2.45, 2.75) is 19.9 Å². The Morgan fingerprint density at radius 3 is 2.50 bits per heavy atom. The van der Waals surface area contributed by atoms with Gasteiger partial charge in [0.05, 0.1) is 0 Å². The number of nitrogens with zero attached hydrogens (tertiary/aromatic N) is 2. The van der Waals surface area contributed by atoms with Crippen LogP contribution in [0, 0.1) is 0 Å². The van der Waals surface area contributed by atoms with Gasteiger partial charge in [0.1, 0.15) is 0 Å². The van der Waals surface area contributed by atoms with E-state index in [-0.39, 0.29) is 6.04 Å². The van der Waals surface area contributed by atoms with Gasteiger partial charge in [-0.1, -0.05) is 6.58 Å². The monoisotopic (exact) mass is 244 g/mol. The summed E-state index contributed by atoms with van der Waals surface area (Å²) in [7, 11) is 0. The molecule has 0 aliphatic carbocycles. The molecule has 0 radical (unpaired) electrons. The molecule has 0 bridgehead atoms. The van der Waals surface area contributed by atoms with Crippen LogP contribution in [0.4, 0.5) is 0 Å². The lowest BCUT2D eigenvalue weighted by atomic mass is 10.2. The number of halogens is 1. The summed E-state index contributed by atoms with van der Waals surface area (Å²) in [5.74, 6) is -0.568. The highest BCUT2D eigenvalue weighted by atomic mass is 35.5. The number of hydrogen-bond acceptors (Lipinski definition) is 2. The summed E-state index contributed by atoms with van der Waals surface area (Å²) in [6.45, 7) is 9.04. The van der Waals surface area contributed by atoms with E-state index in [0.717, 1.165) is 5.57 Å². The predicted molar refractivity (Wildman–Crippen MR) is 63.3 cm³/mol. The van der Waals surface area contributed by atoms with Crippen LogP contribution >= 0.6 is 11.6 Å². The molecule has 1 fully saturated rings. The molecular formula is C11H17ClN2O2. The third-order valence-electron chi connectivity index (χ3n) is 2.57. The second kappa shape index (κ2) is 5.34. The van der Waals surface area contributed by atoms with Crippen molar-refractivity contribution < 1.29 is 9.59 Å². The van der Waals surface area contributed by atoms with Crippen LogP contribution < -0.4 is 0 Å². The van der Waals surface area contributed by atoms with Crippen LogP contribution in [-0.2, 0) is 9.59 Å². The summed E-state index contributed by atoms with van der Waals surface area (Å²) in [6.07, 6.45) is 0. The SMILES string of the molecule is C=C(CCl)CN1CCN(C(C)C)C(=O)C1=O. The van der Waals surface area contributed by atoms with E-state index in [4.69, 9.17) is 11.6 Å². The van der Waals surface area contributed by atoms with E-state index < -0.39 is 11.8 Å². The highest BCUT2D eigenvalue weighted by Gasteiger charge is 2.33. The van der Waals surface area contributed by atoms with Gasteiger partial charge in [-0.3, -0.25) is 9.59 Å². The number of hydrogen-bond donors (Lipinski definition) is 0. The number of carbonyl (C=O) groups is 2. The van der Waals surface area contributed by atoms with Crippen LogP contribution in [0.5, 0.6) is 0 Å². The van der Waals surface area contributed by atoms with E-state index in [9.17, 15) is 9.59 Å². The van der Waals surface area contributed by atoms with Crippen LogP contribution in [0.15, 0.2) is 12.2 Å². The molecule has 4 nitrogen and oxygen atoms in total. The number of piperazine rings is 1. The Bertz CT molecular complexity index is 315. The third kappa shape index (κ3) is 2.76. The average Bonchev–Trinajstić information content (AvgIpc) is 2.24. The molecule has 0 aromatic carbocycles. The molecule has 90 valence electrons. The van der Waals surface area contributed by atoms with Gasteiger partial charge in [0, 0.05) is 31.6 Å². The van der Waals surface area contributed by atoms with Crippen LogP contribution in [0.2, 0.25) is 0 Å². The molecular weight excluding hydrogens is 228 g/mol. The minimum absolute atomic E-state index is 0.0647. The number of amides is 2. The van der Waals surface area contributed by atoms with E-state index in [1.807, 2.05) is 13.8 Å². The number of alkyl halides is 1. The first-order valence-corrected chi connectivity index (χ1v) is 5.83. The molecule has 1 saturated heterocycles. The second-order valence-corrected chi connectivity index (χ2v) is 4.47. The van der Waals surface area contributed by atoms with Crippen molar-refractivity contribution in [1.29, 1.82) is 0 Å². The summed E-state index contributed by atoms with van der Waals surface area (Å²) >= 11 is 5.60. The largest absolute Gasteiger partial charge is 0.330 e. The zero-order valence-electron chi connectivity index (χ0n) is 9.70. The van der Waals surface area contributed by atoms with Crippen LogP contribution in [-0.4, -0.2) is 53.2 Å². The maximum atomic E-state index is 11.7. The lowest BCUT2D eigenvalue weighted by Gasteiger charge is -2.36. The van der Waals surface area contributed by atoms with Crippen LogP contribution in [0.1, 0.15) is 13.8 Å². The number of rotatable bonds is 4. The molecule has 0 spiro atoms. The predicted octanol–water partition coefficient (Wildman–Crippen LogP) is 0.861. The molecule has 1 aliphatic heterocycles. The molecule has 0 atom stereocenters. The minimum Gasteiger partial charge on any atom is -0.330 e. The van der Waals surface area contributed by atoms with Gasteiger partial charge in [-0.15, -0.1) is 11.6 Å². The van der Waals surface area contributed by atoms with Crippen molar-refractivity contribution in [3.63, 3.8) is 0 Å². The van der Waals surface area contributed by atoms with Gasteiger partial charge in [-0.05, 0) is 19.4 Å². The minimum atomic E-state index is -0.453. The second-order valence-electron chi connectivity index (χ2n) is 4.20. The molecule has 0 N–H and O–H groups in total. The first kappa shape index (κ1) is 13.0. The topological polar surface area (TPSA) is 40.6 Å². The third-order valence-corrected chi connectivity index (χ3v) is 2.95. The molecule has 1 aliphatic rings. The van der Waals surface area contributed by atoms with Gasteiger partial charge in [-0.25, -0.2) is 0 Å². The Morgan fingerprint density at radius 2 is 2.00 bits per heavy atom. The van der Waals surface area contributed by atoms with Crippen molar-refractivity contribution in [3.05, 3.63) is 12.2 Å². The fourth-order valence-corrected chi connectivity index (χ4v) is 1.73. The van der Waals surface area contributed by atoms with Crippen LogP contribution in [0.25, 0.3) is 0 Å². The zero-order valence-corrected chi connectivity index (χ0v) is 10.5. The lowest BCUT2D eigenvalue weighted by Crippen LogP contribution is -2.56. The first-order valence-electron chi connectivity index (χ1n) is 5.29. The smallest absolute Gasteiger partial charge is 0.312 e. The quantitative estimate of drug-likeness (QED) is 0.418. The molecule has 0 aromatic rings. The van der Waals surface area contributed by atoms with Gasteiger partial charge in [0.15, 0.2) is 0 Å². The molecule has 16 heavy (non-hydrogen) atoms. The van der Waals surface area contributed by atoms with Crippen molar-refractivity contribution in [1.82, 2.24) is 9.80 Å². The van der Waals surface area contributed by atoms with E-state index in [2.05, 4.69) is 6.58 Å². The fraction of sp³-hybridized carbons (Fsp3) is 0.636. The Kier molecular flexibility index (Phi) is 4.35.